The lowest BCUT2D eigenvalue weighted by Gasteiger charge is -2.26. The van der Waals surface area contributed by atoms with Crippen molar-refractivity contribution in [3.63, 3.8) is 0 Å². The van der Waals surface area contributed by atoms with Crippen molar-refractivity contribution in [3.8, 4) is 22.7 Å². The molecule has 5 nitrogen and oxygen atoms in total. The minimum Gasteiger partial charge on any atom is -0.480 e. The van der Waals surface area contributed by atoms with Crippen LogP contribution < -0.4 is 4.74 Å². The molecular weight excluding hydrogens is 375 g/mol. The van der Waals surface area contributed by atoms with Gasteiger partial charge in [-0.2, -0.15) is 0 Å². The maximum absolute atomic E-state index is 11.8. The van der Waals surface area contributed by atoms with Crippen LogP contribution in [0.5, 0.6) is 5.75 Å². The molecule has 1 atom stereocenters. The molecule has 0 saturated heterocycles. The van der Waals surface area contributed by atoms with Gasteiger partial charge in [-0.3, -0.25) is 9.36 Å². The van der Waals surface area contributed by atoms with Gasteiger partial charge in [-0.15, -0.1) is 0 Å². The fourth-order valence-corrected chi connectivity index (χ4v) is 3.22. The van der Waals surface area contributed by atoms with Gasteiger partial charge in [-0.1, -0.05) is 35.3 Å². The topological polar surface area (TPSA) is 53.4 Å². The predicted molar refractivity (Wildman–Crippen MR) is 99.0 cm³/mol. The van der Waals surface area contributed by atoms with Crippen LogP contribution in [0.1, 0.15) is 18.3 Å². The third kappa shape index (κ3) is 3.04. The molecule has 3 aromatic rings. The van der Waals surface area contributed by atoms with E-state index in [-0.39, 0.29) is 12.4 Å². The molecule has 2 heterocycles. The van der Waals surface area contributed by atoms with E-state index in [0.29, 0.717) is 21.6 Å². The van der Waals surface area contributed by atoms with E-state index in [0.717, 1.165) is 16.9 Å². The summed E-state index contributed by atoms with van der Waals surface area (Å²) in [5.41, 5.74) is 2.45. The van der Waals surface area contributed by atoms with E-state index in [2.05, 4.69) is 0 Å². The van der Waals surface area contributed by atoms with Crippen LogP contribution in [0.4, 0.5) is 0 Å². The highest BCUT2D eigenvalue weighted by atomic mass is 35.5. The van der Waals surface area contributed by atoms with Gasteiger partial charge in [0.05, 0.1) is 24.9 Å². The van der Waals surface area contributed by atoms with Crippen LogP contribution in [0.2, 0.25) is 10.0 Å². The normalized spacial score (nSPS) is 15.0. The minimum absolute atomic E-state index is 0.0651. The Kier molecular flexibility index (Phi) is 4.34. The first-order chi connectivity index (χ1) is 12.5. The second-order valence-corrected chi connectivity index (χ2v) is 6.73. The Hall–Kier alpha value is -2.50. The van der Waals surface area contributed by atoms with Crippen molar-refractivity contribution in [1.29, 1.82) is 0 Å². The molecule has 0 aliphatic carbocycles. The molecule has 0 amide bonds. The van der Waals surface area contributed by atoms with Crippen LogP contribution in [0.25, 0.3) is 16.9 Å². The fourth-order valence-electron chi connectivity index (χ4n) is 2.93. The molecule has 1 aliphatic rings. The summed E-state index contributed by atoms with van der Waals surface area (Å²) in [6.45, 7) is 0. The smallest absolute Gasteiger partial charge is 0.309 e. The summed E-state index contributed by atoms with van der Waals surface area (Å²) < 4.78 is 12.7. The quantitative estimate of drug-likeness (QED) is 0.602. The Balaban J connectivity index is 1.83. The summed E-state index contributed by atoms with van der Waals surface area (Å²) in [7, 11) is 1.35. The van der Waals surface area contributed by atoms with E-state index < -0.39 is 6.10 Å². The Bertz CT molecular complexity index is 983. The first kappa shape index (κ1) is 16.9. The van der Waals surface area contributed by atoms with E-state index in [1.807, 2.05) is 41.1 Å². The number of hydrogen-bond donors (Lipinski definition) is 0. The molecule has 0 spiro atoms. The maximum atomic E-state index is 11.8. The number of fused-ring (bicyclic) bond motifs is 3. The average molecular weight is 389 g/mol. The lowest BCUT2D eigenvalue weighted by atomic mass is 10.1. The zero-order valence-corrected chi connectivity index (χ0v) is 15.3. The van der Waals surface area contributed by atoms with Crippen molar-refractivity contribution < 1.29 is 14.3 Å². The van der Waals surface area contributed by atoms with E-state index >= 15 is 0 Å². The molecule has 132 valence electrons. The lowest BCUT2D eigenvalue weighted by molar-refractivity contribution is -0.142. The monoisotopic (exact) mass is 388 g/mol. The SMILES string of the molecule is COC(=O)CC1Oc2ccc(Cl)cc2-n2cc(-c3ccc(Cl)cc3)nc21. The van der Waals surface area contributed by atoms with Crippen LogP contribution in [0, 0.1) is 0 Å². The summed E-state index contributed by atoms with van der Waals surface area (Å²) in [5, 5.41) is 1.24. The van der Waals surface area contributed by atoms with Gasteiger partial charge in [0.2, 0.25) is 0 Å². The number of rotatable bonds is 3. The third-order valence-electron chi connectivity index (χ3n) is 4.19. The van der Waals surface area contributed by atoms with Crippen LogP contribution in [0.3, 0.4) is 0 Å². The Morgan fingerprint density at radius 1 is 1.19 bits per heavy atom. The predicted octanol–water partition coefficient (Wildman–Crippen LogP) is 4.84. The number of aromatic nitrogens is 2. The van der Waals surface area contributed by atoms with Crippen molar-refractivity contribution in [2.45, 2.75) is 12.5 Å². The van der Waals surface area contributed by atoms with Gasteiger partial charge >= 0.3 is 5.97 Å². The number of imidazole rings is 1. The summed E-state index contributed by atoms with van der Waals surface area (Å²) in [4.78, 5) is 16.5. The largest absolute Gasteiger partial charge is 0.480 e. The molecule has 0 N–H and O–H groups in total. The van der Waals surface area contributed by atoms with E-state index in [4.69, 9.17) is 37.7 Å². The molecular formula is C19H14Cl2N2O3. The Morgan fingerprint density at radius 3 is 2.65 bits per heavy atom. The van der Waals surface area contributed by atoms with E-state index in [9.17, 15) is 4.79 Å². The van der Waals surface area contributed by atoms with Crippen LogP contribution in [-0.4, -0.2) is 22.6 Å². The van der Waals surface area contributed by atoms with Gasteiger partial charge in [0.25, 0.3) is 0 Å². The first-order valence-corrected chi connectivity index (χ1v) is 8.69. The second kappa shape index (κ2) is 6.67. The molecule has 1 unspecified atom stereocenters. The summed E-state index contributed by atoms with van der Waals surface area (Å²) in [5.74, 6) is 0.890. The Labute approximate surface area is 160 Å². The van der Waals surface area contributed by atoms with Crippen LogP contribution in [-0.2, 0) is 9.53 Å². The van der Waals surface area contributed by atoms with Crippen molar-refractivity contribution >= 4 is 29.2 Å². The molecule has 0 saturated carbocycles. The summed E-state index contributed by atoms with van der Waals surface area (Å²) in [6.07, 6.45) is 1.42. The zero-order chi connectivity index (χ0) is 18.3. The number of carbonyl (C=O) groups excluding carboxylic acids is 1. The van der Waals surface area contributed by atoms with Gasteiger partial charge in [0.1, 0.15) is 5.75 Å². The lowest BCUT2D eigenvalue weighted by Crippen LogP contribution is -2.22. The van der Waals surface area contributed by atoms with Crippen molar-refractivity contribution in [2.24, 2.45) is 0 Å². The number of methoxy groups -OCH3 is 1. The summed E-state index contributed by atoms with van der Waals surface area (Å²) >= 11 is 12.1. The van der Waals surface area contributed by atoms with Crippen molar-refractivity contribution in [1.82, 2.24) is 9.55 Å². The average Bonchev–Trinajstić information content (AvgIpc) is 3.08. The van der Waals surface area contributed by atoms with Crippen molar-refractivity contribution in [3.05, 3.63) is 64.5 Å². The molecule has 0 bridgehead atoms. The first-order valence-electron chi connectivity index (χ1n) is 7.94. The number of halogens is 2. The van der Waals surface area contributed by atoms with Crippen LogP contribution >= 0.6 is 23.2 Å². The number of nitrogens with zero attached hydrogens (tertiary/aromatic N) is 2. The minimum atomic E-state index is -0.544. The number of carbonyl (C=O) groups is 1. The van der Waals surface area contributed by atoms with Gasteiger partial charge in [0, 0.05) is 21.8 Å². The van der Waals surface area contributed by atoms with E-state index in [1.54, 1.807) is 12.1 Å². The standard InChI is InChI=1S/C19H14Cl2N2O3/c1-25-18(24)9-17-19-22-14(11-2-4-12(20)5-3-11)10-23(19)15-8-13(21)6-7-16(15)26-17/h2-8,10,17H,9H2,1H3. The second-order valence-electron chi connectivity index (χ2n) is 5.86. The van der Waals surface area contributed by atoms with E-state index in [1.165, 1.54) is 7.11 Å². The van der Waals surface area contributed by atoms with Gasteiger partial charge in [0.15, 0.2) is 11.9 Å². The van der Waals surface area contributed by atoms with Gasteiger partial charge < -0.3 is 9.47 Å². The fraction of sp³-hybridized carbons (Fsp3) is 0.158. The van der Waals surface area contributed by atoms with Gasteiger partial charge in [-0.05, 0) is 30.3 Å². The zero-order valence-electron chi connectivity index (χ0n) is 13.8. The van der Waals surface area contributed by atoms with Crippen molar-refractivity contribution in [2.75, 3.05) is 7.11 Å². The highest BCUT2D eigenvalue weighted by Gasteiger charge is 2.31. The highest BCUT2D eigenvalue weighted by Crippen LogP contribution is 2.39. The van der Waals surface area contributed by atoms with Gasteiger partial charge in [-0.25, -0.2) is 4.98 Å². The molecule has 4 rings (SSSR count). The molecule has 1 aliphatic heterocycles. The number of ether oxygens (including phenoxy) is 2. The molecule has 2 aromatic carbocycles. The molecule has 0 fully saturated rings. The third-order valence-corrected chi connectivity index (χ3v) is 4.68. The Morgan fingerprint density at radius 2 is 1.92 bits per heavy atom. The number of hydrogen-bond acceptors (Lipinski definition) is 4. The molecule has 0 radical (unpaired) electrons. The molecule has 26 heavy (non-hydrogen) atoms. The molecule has 1 aromatic heterocycles. The number of esters is 1. The number of benzene rings is 2. The maximum Gasteiger partial charge on any atom is 0.309 e. The van der Waals surface area contributed by atoms with Crippen LogP contribution in [0.15, 0.2) is 48.7 Å². The highest BCUT2D eigenvalue weighted by molar-refractivity contribution is 6.31. The molecule has 7 heteroatoms. The summed E-state index contributed by atoms with van der Waals surface area (Å²) in [6, 6.07) is 12.7.